The van der Waals surface area contributed by atoms with Gasteiger partial charge in [0.05, 0.1) is 5.69 Å². The number of rotatable bonds is 1. The molecule has 0 saturated heterocycles. The average molecular weight is 305 g/mol. The number of nitrogens with zero attached hydrogens (tertiary/aromatic N) is 2. The van der Waals surface area contributed by atoms with Gasteiger partial charge in [0.25, 0.3) is 0 Å². The zero-order valence-electron chi connectivity index (χ0n) is 6.61. The van der Waals surface area contributed by atoms with Crippen LogP contribution in [0.5, 0.6) is 0 Å². The lowest BCUT2D eigenvalue weighted by atomic mass is 10.3. The molecule has 0 spiro atoms. The Morgan fingerprint density at radius 3 is 2.85 bits per heavy atom. The Morgan fingerprint density at radius 1 is 1.38 bits per heavy atom. The monoisotopic (exact) mass is 304 g/mol. The van der Waals surface area contributed by atoms with Crippen molar-refractivity contribution in [3.8, 4) is 5.69 Å². The molecule has 66 valence electrons. The highest BCUT2D eigenvalue weighted by molar-refractivity contribution is 14.1. The van der Waals surface area contributed by atoms with E-state index in [0.29, 0.717) is 0 Å². The minimum Gasteiger partial charge on any atom is -0.240 e. The van der Waals surface area contributed by atoms with Crippen LogP contribution in [0.25, 0.3) is 5.69 Å². The van der Waals surface area contributed by atoms with Crippen molar-refractivity contribution in [1.82, 2.24) is 9.78 Å². The maximum absolute atomic E-state index is 5.84. The van der Waals surface area contributed by atoms with Crippen molar-refractivity contribution in [2.24, 2.45) is 0 Å². The number of halogens is 2. The standard InChI is InChI=1S/C9H6ClIN2/c10-7-2-3-9(8(11)6-7)13-5-1-4-12-13/h1-6H. The third kappa shape index (κ3) is 1.86. The molecule has 13 heavy (non-hydrogen) atoms. The molecule has 0 aliphatic heterocycles. The Balaban J connectivity index is 2.53. The SMILES string of the molecule is Clc1ccc(-n2cccn2)c(I)c1. The third-order valence-corrected chi connectivity index (χ3v) is 2.76. The lowest BCUT2D eigenvalue weighted by molar-refractivity contribution is 0.876. The van der Waals surface area contributed by atoms with E-state index in [1.807, 2.05) is 35.1 Å². The lowest BCUT2D eigenvalue weighted by Crippen LogP contribution is -1.96. The summed E-state index contributed by atoms with van der Waals surface area (Å²) in [5.74, 6) is 0. The minimum atomic E-state index is 0.750. The molecular formula is C9H6ClIN2. The fraction of sp³-hybridized carbons (Fsp3) is 0. The molecule has 0 aliphatic carbocycles. The molecular weight excluding hydrogens is 298 g/mol. The quantitative estimate of drug-likeness (QED) is 0.740. The van der Waals surface area contributed by atoms with Crippen LogP contribution in [0, 0.1) is 3.57 Å². The Kier molecular flexibility index (Phi) is 2.55. The molecule has 0 bridgehead atoms. The summed E-state index contributed by atoms with van der Waals surface area (Å²) in [6.07, 6.45) is 3.66. The maximum atomic E-state index is 5.84. The topological polar surface area (TPSA) is 17.8 Å². The van der Waals surface area contributed by atoms with Gasteiger partial charge < -0.3 is 0 Å². The van der Waals surface area contributed by atoms with Gasteiger partial charge in [-0.3, -0.25) is 0 Å². The van der Waals surface area contributed by atoms with Crippen LogP contribution in [0.1, 0.15) is 0 Å². The van der Waals surface area contributed by atoms with E-state index in [2.05, 4.69) is 27.7 Å². The van der Waals surface area contributed by atoms with Crippen molar-refractivity contribution in [3.63, 3.8) is 0 Å². The molecule has 1 heterocycles. The van der Waals surface area contributed by atoms with Crippen LogP contribution in [0.2, 0.25) is 5.02 Å². The summed E-state index contributed by atoms with van der Waals surface area (Å²) in [5, 5.41) is 4.90. The second kappa shape index (κ2) is 3.67. The van der Waals surface area contributed by atoms with Crippen LogP contribution < -0.4 is 0 Å². The summed E-state index contributed by atoms with van der Waals surface area (Å²) in [5.41, 5.74) is 1.05. The Labute approximate surface area is 94.7 Å². The first-order chi connectivity index (χ1) is 6.27. The van der Waals surface area contributed by atoms with Gasteiger partial charge in [-0.05, 0) is 46.9 Å². The van der Waals surface area contributed by atoms with Gasteiger partial charge in [0.15, 0.2) is 0 Å². The number of hydrogen-bond donors (Lipinski definition) is 0. The van der Waals surface area contributed by atoms with Crippen LogP contribution in [-0.2, 0) is 0 Å². The van der Waals surface area contributed by atoms with Gasteiger partial charge in [-0.15, -0.1) is 0 Å². The molecule has 0 fully saturated rings. The van der Waals surface area contributed by atoms with Crippen molar-refractivity contribution in [1.29, 1.82) is 0 Å². The first-order valence-corrected chi connectivity index (χ1v) is 5.18. The lowest BCUT2D eigenvalue weighted by Gasteiger charge is -2.03. The van der Waals surface area contributed by atoms with E-state index in [4.69, 9.17) is 11.6 Å². The van der Waals surface area contributed by atoms with Gasteiger partial charge >= 0.3 is 0 Å². The fourth-order valence-electron chi connectivity index (χ4n) is 1.08. The van der Waals surface area contributed by atoms with Crippen molar-refractivity contribution in [2.45, 2.75) is 0 Å². The molecule has 0 radical (unpaired) electrons. The second-order valence-corrected chi connectivity index (χ2v) is 4.14. The van der Waals surface area contributed by atoms with Gasteiger partial charge in [-0.1, -0.05) is 11.6 Å². The molecule has 0 aliphatic rings. The number of benzene rings is 1. The molecule has 0 saturated carbocycles. The van der Waals surface area contributed by atoms with Crippen molar-refractivity contribution >= 4 is 34.2 Å². The Morgan fingerprint density at radius 2 is 2.23 bits per heavy atom. The highest BCUT2D eigenvalue weighted by atomic mass is 127. The van der Waals surface area contributed by atoms with E-state index in [1.165, 1.54) is 0 Å². The molecule has 2 nitrogen and oxygen atoms in total. The zero-order chi connectivity index (χ0) is 9.26. The molecule has 0 atom stereocenters. The molecule has 2 aromatic rings. The predicted octanol–water partition coefficient (Wildman–Crippen LogP) is 3.13. The predicted molar refractivity (Wildman–Crippen MR) is 61.3 cm³/mol. The fourth-order valence-corrected chi connectivity index (χ4v) is 2.20. The van der Waals surface area contributed by atoms with Crippen molar-refractivity contribution < 1.29 is 0 Å². The van der Waals surface area contributed by atoms with Gasteiger partial charge in [0.2, 0.25) is 0 Å². The minimum absolute atomic E-state index is 0.750. The summed E-state index contributed by atoms with van der Waals surface area (Å²) < 4.78 is 2.91. The molecule has 2 rings (SSSR count). The summed E-state index contributed by atoms with van der Waals surface area (Å²) >= 11 is 8.09. The van der Waals surface area contributed by atoms with Crippen LogP contribution in [0.15, 0.2) is 36.7 Å². The summed E-state index contributed by atoms with van der Waals surface area (Å²) in [6.45, 7) is 0. The van der Waals surface area contributed by atoms with Crippen LogP contribution in [-0.4, -0.2) is 9.78 Å². The van der Waals surface area contributed by atoms with Crippen molar-refractivity contribution in [3.05, 3.63) is 45.3 Å². The zero-order valence-corrected chi connectivity index (χ0v) is 9.53. The van der Waals surface area contributed by atoms with E-state index in [0.717, 1.165) is 14.3 Å². The largest absolute Gasteiger partial charge is 0.240 e. The molecule has 1 aromatic carbocycles. The maximum Gasteiger partial charge on any atom is 0.0779 e. The van der Waals surface area contributed by atoms with E-state index in [9.17, 15) is 0 Å². The smallest absolute Gasteiger partial charge is 0.0779 e. The highest BCUT2D eigenvalue weighted by Gasteiger charge is 2.01. The summed E-state index contributed by atoms with van der Waals surface area (Å²) in [4.78, 5) is 0. The van der Waals surface area contributed by atoms with Crippen molar-refractivity contribution in [2.75, 3.05) is 0 Å². The molecule has 1 aromatic heterocycles. The third-order valence-electron chi connectivity index (χ3n) is 1.66. The van der Waals surface area contributed by atoms with Gasteiger partial charge in [-0.25, -0.2) is 4.68 Å². The number of aromatic nitrogens is 2. The van der Waals surface area contributed by atoms with E-state index >= 15 is 0 Å². The van der Waals surface area contributed by atoms with E-state index in [1.54, 1.807) is 6.20 Å². The Bertz CT molecular complexity index is 412. The number of hydrogen-bond acceptors (Lipinski definition) is 1. The molecule has 0 unspecified atom stereocenters. The van der Waals surface area contributed by atoms with Crippen LogP contribution in [0.3, 0.4) is 0 Å². The van der Waals surface area contributed by atoms with E-state index in [-0.39, 0.29) is 0 Å². The van der Waals surface area contributed by atoms with Gasteiger partial charge in [-0.2, -0.15) is 5.10 Å². The molecule has 4 heteroatoms. The summed E-state index contributed by atoms with van der Waals surface area (Å²) in [7, 11) is 0. The molecule has 0 N–H and O–H groups in total. The summed E-state index contributed by atoms with van der Waals surface area (Å²) in [6, 6.07) is 7.63. The first kappa shape index (κ1) is 9.02. The first-order valence-electron chi connectivity index (χ1n) is 3.72. The van der Waals surface area contributed by atoms with Crippen LogP contribution in [0.4, 0.5) is 0 Å². The van der Waals surface area contributed by atoms with Crippen LogP contribution >= 0.6 is 34.2 Å². The second-order valence-electron chi connectivity index (χ2n) is 2.55. The van der Waals surface area contributed by atoms with Gasteiger partial charge in [0, 0.05) is 21.0 Å². The van der Waals surface area contributed by atoms with Gasteiger partial charge in [0.1, 0.15) is 0 Å². The van der Waals surface area contributed by atoms with E-state index < -0.39 is 0 Å². The Hall–Kier alpha value is -0.550. The average Bonchev–Trinajstić information content (AvgIpc) is 2.56. The normalized spacial score (nSPS) is 10.3. The molecule has 0 amide bonds. The highest BCUT2D eigenvalue weighted by Crippen LogP contribution is 2.20.